The summed E-state index contributed by atoms with van der Waals surface area (Å²) < 4.78 is 6.22. The van der Waals surface area contributed by atoms with E-state index in [1.54, 1.807) is 12.0 Å². The van der Waals surface area contributed by atoms with Gasteiger partial charge < -0.3 is 19.6 Å². The van der Waals surface area contributed by atoms with Crippen LogP contribution >= 0.6 is 17.0 Å². The summed E-state index contributed by atoms with van der Waals surface area (Å²) in [7, 11) is 11.8. The summed E-state index contributed by atoms with van der Waals surface area (Å²) in [6.45, 7) is 25.4. The van der Waals surface area contributed by atoms with E-state index in [4.69, 9.17) is 21.8 Å². The first kappa shape index (κ1) is 49.0. The van der Waals surface area contributed by atoms with Crippen LogP contribution in [-0.2, 0) is 25.6 Å². The van der Waals surface area contributed by atoms with Gasteiger partial charge in [0.2, 0.25) is 0 Å². The molecule has 0 aliphatic heterocycles. The van der Waals surface area contributed by atoms with Crippen LogP contribution in [0.1, 0.15) is 158 Å². The second-order valence-electron chi connectivity index (χ2n) is 19.2. The minimum atomic E-state index is -0.826. The maximum absolute atomic E-state index is 6.22. The number of rotatable bonds is 3. The minimum absolute atomic E-state index is 0. The first-order valence-electron chi connectivity index (χ1n) is 20.8. The zero-order valence-electron chi connectivity index (χ0n) is 36.6. The molecule has 12 atom stereocenters. The number of methoxy groups -OCH3 is 1. The number of benzene rings is 2. The Hall–Kier alpha value is -0.137. The van der Waals surface area contributed by atoms with Crippen LogP contribution in [0.15, 0.2) is 36.4 Å². The van der Waals surface area contributed by atoms with Crippen molar-refractivity contribution in [2.24, 2.45) is 58.7 Å². The molecule has 0 bridgehead atoms. The molecule has 2 aromatic carbocycles. The van der Waals surface area contributed by atoms with Crippen LogP contribution in [0, 0.1) is 101 Å². The maximum atomic E-state index is 6.22. The van der Waals surface area contributed by atoms with Crippen molar-refractivity contribution in [3.8, 4) is 0 Å². The summed E-state index contributed by atoms with van der Waals surface area (Å²) in [5.74, 6) is 9.63. The molecular formula is C49H80Cl2OZr. The Bertz CT molecular complexity index is 1320. The molecule has 2 aromatic rings. The fourth-order valence-corrected chi connectivity index (χ4v) is 12.3. The first-order valence-corrected chi connectivity index (χ1v) is 27.1. The fraction of sp³-hybridized carbons (Fsp3) is 0.714. The number of ether oxygens (including phenoxy) is 1. The monoisotopic (exact) mass is 844 g/mol. The van der Waals surface area contributed by atoms with Gasteiger partial charge in [0.1, 0.15) is 0 Å². The molecule has 300 valence electrons. The van der Waals surface area contributed by atoms with Gasteiger partial charge in [-0.15, -0.1) is 0 Å². The molecule has 0 heterocycles. The van der Waals surface area contributed by atoms with Crippen LogP contribution in [0.4, 0.5) is 0 Å². The molecule has 0 N–H and O–H groups in total. The van der Waals surface area contributed by atoms with Crippen molar-refractivity contribution >= 4 is 17.0 Å². The average molecular weight is 847 g/mol. The van der Waals surface area contributed by atoms with Crippen molar-refractivity contribution in [3.05, 3.63) is 84.6 Å². The van der Waals surface area contributed by atoms with E-state index in [1.165, 1.54) is 85.6 Å². The molecule has 7 rings (SSSR count). The Morgan fingerprint density at radius 3 is 1.47 bits per heavy atom. The molecule has 5 saturated carbocycles. The summed E-state index contributed by atoms with van der Waals surface area (Å²) in [5, 5.41) is 0. The Morgan fingerprint density at radius 1 is 0.623 bits per heavy atom. The molecule has 53 heavy (non-hydrogen) atoms. The van der Waals surface area contributed by atoms with Crippen LogP contribution in [0.2, 0.25) is 0 Å². The molecule has 0 saturated heterocycles. The normalized spacial score (nSPS) is 33.7. The molecule has 12 unspecified atom stereocenters. The topological polar surface area (TPSA) is 9.23 Å². The second-order valence-corrected chi connectivity index (χ2v) is 22.9. The number of hydrogen-bond acceptors (Lipinski definition) is 1. The molecule has 1 nitrogen and oxygen atoms in total. The Labute approximate surface area is 349 Å². The van der Waals surface area contributed by atoms with Gasteiger partial charge in [-0.05, 0) is 148 Å². The van der Waals surface area contributed by atoms with Gasteiger partial charge in [-0.1, -0.05) is 126 Å². The van der Waals surface area contributed by atoms with Crippen molar-refractivity contribution in [2.75, 3.05) is 7.11 Å². The van der Waals surface area contributed by atoms with Crippen LogP contribution in [0.25, 0.3) is 0 Å². The average Bonchev–Trinajstić information content (AvgIpc) is 3.75. The van der Waals surface area contributed by atoms with E-state index >= 15 is 0 Å². The third-order valence-electron chi connectivity index (χ3n) is 13.6. The molecule has 0 spiro atoms. The van der Waals surface area contributed by atoms with E-state index in [-0.39, 0.29) is 14.9 Å². The van der Waals surface area contributed by atoms with Crippen molar-refractivity contribution in [1.29, 1.82) is 0 Å². The first-order chi connectivity index (χ1) is 24.1. The summed E-state index contributed by atoms with van der Waals surface area (Å²) in [6, 6.07) is 14.5. The molecule has 5 aliphatic rings. The zero-order valence-corrected chi connectivity index (χ0v) is 40.6. The Balaban J connectivity index is 0.000000311. The predicted molar refractivity (Wildman–Crippen MR) is 232 cm³/mol. The van der Waals surface area contributed by atoms with Gasteiger partial charge in [-0.3, -0.25) is 0 Å². The number of halogens is 2. The van der Waals surface area contributed by atoms with Crippen molar-refractivity contribution in [3.63, 3.8) is 0 Å². The number of fused-ring (bicyclic) bond motifs is 3. The number of aryl methyl sites for hydroxylation is 4. The second kappa shape index (κ2) is 22.1. The van der Waals surface area contributed by atoms with E-state index in [0.29, 0.717) is 23.4 Å². The van der Waals surface area contributed by atoms with Gasteiger partial charge >= 0.3 is 37.9 Å². The standard InChI is InChI=1S/C23H36O.C21H30.C3H8.2CH3.2ClH.Zr/c1-14-8-15(2)11-18(10-14)21-19-12-16(3)9-17(19)13-20(22(21)24-7)23(4,5)6;1-13-7-14(2)10-18(9-13)21-19-6-4-5-16(19)12-17-8-15(3)11-20(17)21;1-3-2;;;;;/h8,10-11,16-17,19-22H,9,12-13H2,1-7H3;7,9-10,15-17,19-21H,4-6,8,11-12H2,1-3H3;3H2,1-2H3;2*1H3;2*1H;/q;;;2*-1;;;+4/p-2. The quantitative estimate of drug-likeness (QED) is 0.280. The van der Waals surface area contributed by atoms with E-state index in [9.17, 15) is 0 Å². The zero-order chi connectivity index (χ0) is 37.6. The fourth-order valence-electron chi connectivity index (χ4n) is 12.3. The Kier molecular flexibility index (Phi) is 20.5. The molecule has 5 fully saturated rings. The van der Waals surface area contributed by atoms with Crippen molar-refractivity contribution < 1.29 is 25.6 Å². The van der Waals surface area contributed by atoms with Gasteiger partial charge in [0.25, 0.3) is 0 Å². The van der Waals surface area contributed by atoms with E-state index < -0.39 is 20.8 Å². The van der Waals surface area contributed by atoms with Gasteiger partial charge in [-0.2, -0.15) is 0 Å². The summed E-state index contributed by atoms with van der Waals surface area (Å²) >= 11 is -0.826. The van der Waals surface area contributed by atoms with Gasteiger partial charge in [-0.25, -0.2) is 0 Å². The van der Waals surface area contributed by atoms with Crippen molar-refractivity contribution in [1.82, 2.24) is 0 Å². The van der Waals surface area contributed by atoms with E-state index in [2.05, 4.69) is 113 Å². The van der Waals surface area contributed by atoms with Crippen LogP contribution in [0.5, 0.6) is 0 Å². The summed E-state index contributed by atoms with van der Waals surface area (Å²) in [5.41, 5.74) is 9.22. The third kappa shape index (κ3) is 12.4. The van der Waals surface area contributed by atoms with Gasteiger partial charge in [0.15, 0.2) is 0 Å². The number of hydrogen-bond donors (Lipinski definition) is 0. The van der Waals surface area contributed by atoms with Gasteiger partial charge in [0, 0.05) is 13.0 Å². The Morgan fingerprint density at radius 2 is 1.04 bits per heavy atom. The molecule has 4 heteroatoms. The summed E-state index contributed by atoms with van der Waals surface area (Å²) in [4.78, 5) is 0. The van der Waals surface area contributed by atoms with Crippen LogP contribution in [-0.4, -0.2) is 13.2 Å². The summed E-state index contributed by atoms with van der Waals surface area (Å²) in [6.07, 6.45) is 14.8. The van der Waals surface area contributed by atoms with Gasteiger partial charge in [0.05, 0.1) is 6.10 Å². The van der Waals surface area contributed by atoms with Crippen molar-refractivity contribution in [2.45, 2.75) is 158 Å². The molecule has 0 amide bonds. The predicted octanol–water partition coefficient (Wildman–Crippen LogP) is 15.7. The molecule has 5 aliphatic carbocycles. The molecule has 0 radical (unpaired) electrons. The van der Waals surface area contributed by atoms with E-state index in [0.717, 1.165) is 53.3 Å². The van der Waals surface area contributed by atoms with Crippen LogP contribution < -0.4 is 0 Å². The van der Waals surface area contributed by atoms with E-state index in [1.807, 2.05) is 7.11 Å². The molecular weight excluding hydrogens is 767 g/mol. The van der Waals surface area contributed by atoms with Crippen LogP contribution in [0.3, 0.4) is 0 Å². The SMILES string of the molecule is CCC.COC1C(c2cc(C)cc(C)c2)C2CC(C)CC2CC1C(C)(C)C.Cc1cc(C)cc(C2C3CCCC3CC3CC(C)CC32)c1.[CH3-].[CH3-].[Cl][Zr+2][Cl]. The molecule has 0 aromatic heterocycles. The third-order valence-corrected chi connectivity index (χ3v) is 13.6.